The highest BCUT2D eigenvalue weighted by Gasteiger charge is 2.35. The maximum Gasteiger partial charge on any atom is 0.433 e. The molecule has 0 aliphatic heterocycles. The lowest BCUT2D eigenvalue weighted by Crippen LogP contribution is -2.17. The van der Waals surface area contributed by atoms with Crippen molar-refractivity contribution in [2.75, 3.05) is 5.32 Å². The number of fused-ring (bicyclic) bond motifs is 2. The van der Waals surface area contributed by atoms with Gasteiger partial charge in [0.05, 0.1) is 28.7 Å². The van der Waals surface area contributed by atoms with Crippen molar-refractivity contribution < 1.29 is 22.8 Å². The molecule has 0 radical (unpaired) electrons. The van der Waals surface area contributed by atoms with E-state index in [0.717, 1.165) is 16.6 Å². The van der Waals surface area contributed by atoms with E-state index in [9.17, 15) is 22.8 Å². The number of rotatable bonds is 6. The number of nitrogens with two attached hydrogens (primary N) is 1. The van der Waals surface area contributed by atoms with E-state index in [1.54, 1.807) is 23.9 Å². The fourth-order valence-corrected chi connectivity index (χ4v) is 6.37. The van der Waals surface area contributed by atoms with Crippen LogP contribution in [0.15, 0.2) is 48.2 Å². The molecule has 15 heteroatoms. The molecule has 0 saturated heterocycles. The predicted molar refractivity (Wildman–Crippen MR) is 149 cm³/mol. The molecule has 0 spiro atoms. The summed E-state index contributed by atoms with van der Waals surface area (Å²) in [6, 6.07) is 6.45. The number of aromatic nitrogens is 6. The molecule has 0 aliphatic carbocycles. The summed E-state index contributed by atoms with van der Waals surface area (Å²) in [7, 11) is 0. The van der Waals surface area contributed by atoms with Crippen LogP contribution in [0.4, 0.5) is 18.9 Å². The summed E-state index contributed by atoms with van der Waals surface area (Å²) in [5.74, 6) is -1.60. The van der Waals surface area contributed by atoms with Gasteiger partial charge in [-0.3, -0.25) is 14.3 Å². The Morgan fingerprint density at radius 3 is 2.61 bits per heavy atom. The number of hydrogen-bond donors (Lipinski definition) is 2. The molecule has 2 amide bonds. The van der Waals surface area contributed by atoms with Crippen LogP contribution >= 0.6 is 22.7 Å². The van der Waals surface area contributed by atoms with E-state index in [1.807, 2.05) is 24.4 Å². The number of amides is 2. The molecular weight excluding hydrogens is 577 g/mol. The van der Waals surface area contributed by atoms with Gasteiger partial charge in [-0.05, 0) is 43.0 Å². The number of nitrogens with zero attached hydrogens (tertiary/aromatic N) is 6. The number of carbonyl (C=O) groups excluding carboxylic acids is 2. The van der Waals surface area contributed by atoms with Crippen LogP contribution in [0.1, 0.15) is 38.3 Å². The molecule has 3 N–H and O–H groups in total. The summed E-state index contributed by atoms with van der Waals surface area (Å²) in [5, 5.41) is 13.4. The molecule has 6 heterocycles. The average molecular weight is 597 g/mol. The number of aryl methyl sites for hydroxylation is 1. The van der Waals surface area contributed by atoms with Gasteiger partial charge in [0.25, 0.3) is 11.8 Å². The van der Waals surface area contributed by atoms with E-state index in [2.05, 4.69) is 25.5 Å². The van der Waals surface area contributed by atoms with Crippen LogP contribution in [-0.4, -0.2) is 41.2 Å². The summed E-state index contributed by atoms with van der Waals surface area (Å²) in [6.45, 7) is 4.06. The average Bonchev–Trinajstić information content (AvgIpc) is 3.73. The first-order chi connectivity index (χ1) is 19.6. The Morgan fingerprint density at radius 2 is 1.95 bits per heavy atom. The molecule has 6 rings (SSSR count). The fraction of sp³-hybridized carbons (Fsp3) is 0.154. The van der Waals surface area contributed by atoms with Gasteiger partial charge in [-0.2, -0.15) is 23.4 Å². The van der Waals surface area contributed by atoms with E-state index in [1.165, 1.54) is 28.2 Å². The first kappa shape index (κ1) is 26.6. The summed E-state index contributed by atoms with van der Waals surface area (Å²) in [6.07, 6.45) is -0.431. The van der Waals surface area contributed by atoms with Crippen LogP contribution in [0.2, 0.25) is 0 Å². The van der Waals surface area contributed by atoms with Crippen molar-refractivity contribution in [3.63, 3.8) is 0 Å². The minimum Gasteiger partial charge on any atom is -0.365 e. The molecule has 208 valence electrons. The third kappa shape index (κ3) is 4.42. The lowest BCUT2D eigenvalue weighted by Gasteiger charge is -2.12. The third-order valence-corrected chi connectivity index (χ3v) is 8.52. The molecule has 0 fully saturated rings. The van der Waals surface area contributed by atoms with Crippen LogP contribution in [0, 0.1) is 6.92 Å². The van der Waals surface area contributed by atoms with Crippen LogP contribution in [0.5, 0.6) is 0 Å². The Labute approximate surface area is 237 Å². The number of alkyl halides is 3. The van der Waals surface area contributed by atoms with Crippen LogP contribution < -0.4 is 11.1 Å². The smallest absolute Gasteiger partial charge is 0.365 e. The van der Waals surface area contributed by atoms with Crippen molar-refractivity contribution in [2.24, 2.45) is 5.73 Å². The van der Waals surface area contributed by atoms with Crippen molar-refractivity contribution in [2.45, 2.75) is 26.6 Å². The SMILES string of the molecule is CCn1ncc(-c2cc(C(F)(F)F)nc3sc(C(N)=O)c(NC(=O)c4cnn5c(-c6cccs6)ccnc45)c23)c1C. The second-order valence-electron chi connectivity index (χ2n) is 8.92. The zero-order chi connectivity index (χ0) is 29.1. The molecule has 6 aromatic heterocycles. The Balaban J connectivity index is 1.54. The third-order valence-electron chi connectivity index (χ3n) is 6.53. The number of carbonyl (C=O) groups is 2. The molecule has 0 aliphatic rings. The highest BCUT2D eigenvalue weighted by atomic mass is 32.1. The van der Waals surface area contributed by atoms with E-state index in [4.69, 9.17) is 5.73 Å². The zero-order valence-electron chi connectivity index (χ0n) is 21.4. The minimum absolute atomic E-state index is 0.0452. The highest BCUT2D eigenvalue weighted by molar-refractivity contribution is 7.21. The van der Waals surface area contributed by atoms with Gasteiger partial charge in [-0.25, -0.2) is 14.5 Å². The first-order valence-corrected chi connectivity index (χ1v) is 13.8. The summed E-state index contributed by atoms with van der Waals surface area (Å²) in [4.78, 5) is 34.9. The van der Waals surface area contributed by atoms with Gasteiger partial charge in [0.15, 0.2) is 5.65 Å². The zero-order valence-corrected chi connectivity index (χ0v) is 23.0. The molecule has 0 bridgehead atoms. The van der Waals surface area contributed by atoms with Crippen molar-refractivity contribution in [3.8, 4) is 21.7 Å². The van der Waals surface area contributed by atoms with Crippen molar-refractivity contribution in [1.29, 1.82) is 0 Å². The van der Waals surface area contributed by atoms with Crippen molar-refractivity contribution in [3.05, 3.63) is 70.1 Å². The molecular formula is C26H19F3N8O2S2. The molecule has 6 aromatic rings. The number of pyridine rings is 1. The fourth-order valence-electron chi connectivity index (χ4n) is 4.62. The summed E-state index contributed by atoms with van der Waals surface area (Å²) in [5.41, 5.74) is 6.61. The Morgan fingerprint density at radius 1 is 1.15 bits per heavy atom. The van der Waals surface area contributed by atoms with E-state index < -0.39 is 23.7 Å². The van der Waals surface area contributed by atoms with Gasteiger partial charge in [0, 0.05) is 29.4 Å². The van der Waals surface area contributed by atoms with Gasteiger partial charge in [0.2, 0.25) is 0 Å². The number of nitrogens with one attached hydrogen (secondary N) is 1. The van der Waals surface area contributed by atoms with Gasteiger partial charge in [-0.1, -0.05) is 6.07 Å². The van der Waals surface area contributed by atoms with Crippen LogP contribution in [0.25, 0.3) is 37.6 Å². The van der Waals surface area contributed by atoms with Gasteiger partial charge < -0.3 is 11.1 Å². The predicted octanol–water partition coefficient (Wildman–Crippen LogP) is 5.63. The minimum atomic E-state index is -4.76. The van der Waals surface area contributed by atoms with Crippen LogP contribution in [-0.2, 0) is 12.7 Å². The monoisotopic (exact) mass is 596 g/mol. The summed E-state index contributed by atoms with van der Waals surface area (Å²) < 4.78 is 44.8. The van der Waals surface area contributed by atoms with E-state index in [0.29, 0.717) is 29.1 Å². The van der Waals surface area contributed by atoms with E-state index >= 15 is 0 Å². The number of primary amides is 1. The highest BCUT2D eigenvalue weighted by Crippen LogP contribution is 2.44. The molecule has 0 saturated carbocycles. The normalized spacial score (nSPS) is 11.9. The van der Waals surface area contributed by atoms with Gasteiger partial charge in [-0.15, -0.1) is 22.7 Å². The number of hydrogen-bond acceptors (Lipinski definition) is 8. The van der Waals surface area contributed by atoms with Gasteiger partial charge >= 0.3 is 6.18 Å². The van der Waals surface area contributed by atoms with Crippen molar-refractivity contribution >= 4 is 56.0 Å². The van der Waals surface area contributed by atoms with Crippen molar-refractivity contribution in [1.82, 2.24) is 29.4 Å². The van der Waals surface area contributed by atoms with Gasteiger partial charge in [0.1, 0.15) is 21.0 Å². The largest absolute Gasteiger partial charge is 0.433 e. The number of halogens is 3. The first-order valence-electron chi connectivity index (χ1n) is 12.1. The molecule has 0 atom stereocenters. The molecule has 10 nitrogen and oxygen atoms in total. The molecule has 0 unspecified atom stereocenters. The van der Waals surface area contributed by atoms with E-state index in [-0.39, 0.29) is 37.6 Å². The second kappa shape index (κ2) is 9.78. The quantitative estimate of drug-likeness (QED) is 0.256. The number of anilines is 1. The standard InChI is InChI=1S/C26H19F3N8O2S2/c1-3-36-12(2)14(10-32-36)13-9-18(26(27,28)29)34-25-19(13)20(21(41-25)22(30)38)35-24(39)15-11-33-37-16(6-7-31-23(15)37)17-5-4-8-40-17/h4-11H,3H2,1-2H3,(H2,30,38)(H,35,39). The molecule has 0 aromatic carbocycles. The lowest BCUT2D eigenvalue weighted by atomic mass is 10.0. The second-order valence-corrected chi connectivity index (χ2v) is 10.9. The maximum absolute atomic E-state index is 13.9. The lowest BCUT2D eigenvalue weighted by molar-refractivity contribution is -0.140. The summed E-state index contributed by atoms with van der Waals surface area (Å²) >= 11 is 2.16. The Hall–Kier alpha value is -4.63. The Bertz CT molecular complexity index is 1970. The van der Waals surface area contributed by atoms with Crippen LogP contribution in [0.3, 0.4) is 0 Å². The Kier molecular flexibility index (Phi) is 6.34. The maximum atomic E-state index is 13.9. The molecule has 41 heavy (non-hydrogen) atoms. The topological polar surface area (TPSA) is 133 Å². The number of thiophene rings is 2.